The average Bonchev–Trinajstić information content (AvgIpc) is 2.39. The van der Waals surface area contributed by atoms with Crippen LogP contribution in [0.5, 0.6) is 0 Å². The molecule has 0 radical (unpaired) electrons. The topological polar surface area (TPSA) is 54.9 Å². The first-order chi connectivity index (χ1) is 9.41. The van der Waals surface area contributed by atoms with Crippen LogP contribution in [0.2, 0.25) is 0 Å². The number of anilines is 1. The lowest BCUT2D eigenvalue weighted by atomic mass is 10.1. The molecule has 1 heterocycles. The summed E-state index contributed by atoms with van der Waals surface area (Å²) in [6.45, 7) is 3.18. The fraction of sp³-hybridized carbons (Fsp3) is 0.154. The van der Waals surface area contributed by atoms with Crippen LogP contribution in [-0.2, 0) is 0 Å². The normalized spacial score (nSPS) is 10.4. The van der Waals surface area contributed by atoms with Gasteiger partial charge >= 0.3 is 0 Å². The molecule has 0 fully saturated rings. The number of amides is 1. The minimum absolute atomic E-state index is 0.164. The zero-order valence-corrected chi connectivity index (χ0v) is 10.7. The van der Waals surface area contributed by atoms with E-state index in [0.29, 0.717) is 11.4 Å². The van der Waals surface area contributed by atoms with Gasteiger partial charge in [0.2, 0.25) is 0 Å². The van der Waals surface area contributed by atoms with Gasteiger partial charge in [-0.25, -0.2) is 23.1 Å². The third-order valence-electron chi connectivity index (χ3n) is 2.74. The first-order valence-electron chi connectivity index (χ1n) is 5.65. The van der Waals surface area contributed by atoms with Gasteiger partial charge in [-0.15, -0.1) is 0 Å². The lowest BCUT2D eigenvalue weighted by Crippen LogP contribution is -2.18. The molecule has 0 spiro atoms. The van der Waals surface area contributed by atoms with Gasteiger partial charge in [0.05, 0.1) is 22.6 Å². The van der Waals surface area contributed by atoms with Crippen molar-refractivity contribution in [3.05, 3.63) is 52.9 Å². The fourth-order valence-electron chi connectivity index (χ4n) is 1.73. The second-order valence-corrected chi connectivity index (χ2v) is 4.10. The molecule has 0 bridgehead atoms. The lowest BCUT2D eigenvalue weighted by Gasteiger charge is -2.10. The van der Waals surface area contributed by atoms with E-state index in [-0.39, 0.29) is 5.56 Å². The van der Waals surface area contributed by atoms with Gasteiger partial charge in [0, 0.05) is 0 Å². The van der Waals surface area contributed by atoms with Crippen molar-refractivity contribution in [1.29, 1.82) is 0 Å². The number of carbonyl (C=O) groups is 1. The number of nitrogens with one attached hydrogen (secondary N) is 1. The molecule has 1 aromatic carbocycles. The number of benzene rings is 1. The SMILES string of the molecule is Cc1ncnc(C)c1C(=O)Nc1ccc(F)c(F)c1F. The Kier molecular flexibility index (Phi) is 3.69. The highest BCUT2D eigenvalue weighted by Crippen LogP contribution is 2.21. The number of rotatable bonds is 2. The second-order valence-electron chi connectivity index (χ2n) is 4.10. The van der Waals surface area contributed by atoms with Crippen LogP contribution in [0.1, 0.15) is 21.7 Å². The summed E-state index contributed by atoms with van der Waals surface area (Å²) in [6.07, 6.45) is 1.29. The van der Waals surface area contributed by atoms with Crippen molar-refractivity contribution in [3.8, 4) is 0 Å². The van der Waals surface area contributed by atoms with Gasteiger partial charge in [0.25, 0.3) is 5.91 Å². The fourth-order valence-corrected chi connectivity index (χ4v) is 1.73. The van der Waals surface area contributed by atoms with Gasteiger partial charge in [0.15, 0.2) is 17.5 Å². The van der Waals surface area contributed by atoms with E-state index >= 15 is 0 Å². The van der Waals surface area contributed by atoms with Crippen molar-refractivity contribution < 1.29 is 18.0 Å². The summed E-state index contributed by atoms with van der Waals surface area (Å²) in [7, 11) is 0. The Balaban J connectivity index is 2.36. The highest BCUT2D eigenvalue weighted by molar-refractivity contribution is 6.05. The third kappa shape index (κ3) is 2.47. The van der Waals surface area contributed by atoms with Crippen LogP contribution >= 0.6 is 0 Å². The molecule has 0 unspecified atom stereocenters. The first kappa shape index (κ1) is 14.0. The molecule has 0 saturated carbocycles. The maximum atomic E-state index is 13.5. The monoisotopic (exact) mass is 281 g/mol. The summed E-state index contributed by atoms with van der Waals surface area (Å²) in [6, 6.07) is 1.68. The number of aromatic nitrogens is 2. The van der Waals surface area contributed by atoms with E-state index in [1.807, 2.05) is 0 Å². The average molecular weight is 281 g/mol. The number of halogens is 3. The standard InChI is InChI=1S/C13H10F3N3O/c1-6-10(7(2)18-5-17-6)13(20)19-9-4-3-8(14)11(15)12(9)16/h3-5H,1-2H3,(H,19,20). The summed E-state index contributed by atoms with van der Waals surface area (Å²) in [5.74, 6) is -5.10. The van der Waals surface area contributed by atoms with Crippen molar-refractivity contribution in [2.45, 2.75) is 13.8 Å². The molecule has 0 aliphatic rings. The minimum atomic E-state index is -1.64. The highest BCUT2D eigenvalue weighted by atomic mass is 19.2. The number of carbonyl (C=O) groups excluding carboxylic acids is 1. The molecular weight excluding hydrogens is 271 g/mol. The quantitative estimate of drug-likeness (QED) is 0.861. The molecule has 1 amide bonds. The van der Waals surface area contributed by atoms with Crippen molar-refractivity contribution >= 4 is 11.6 Å². The van der Waals surface area contributed by atoms with Crippen LogP contribution in [0.3, 0.4) is 0 Å². The van der Waals surface area contributed by atoms with Crippen molar-refractivity contribution in [2.75, 3.05) is 5.32 Å². The van der Waals surface area contributed by atoms with Crippen LogP contribution in [0.15, 0.2) is 18.5 Å². The molecule has 0 aliphatic carbocycles. The van der Waals surface area contributed by atoms with Crippen LogP contribution < -0.4 is 5.32 Å². The van der Waals surface area contributed by atoms with Crippen molar-refractivity contribution in [1.82, 2.24) is 9.97 Å². The van der Waals surface area contributed by atoms with E-state index in [4.69, 9.17) is 0 Å². The summed E-state index contributed by atoms with van der Waals surface area (Å²) >= 11 is 0. The second kappa shape index (κ2) is 5.28. The van der Waals surface area contributed by atoms with E-state index in [2.05, 4.69) is 15.3 Å². The van der Waals surface area contributed by atoms with Gasteiger partial charge < -0.3 is 5.32 Å². The number of aryl methyl sites for hydroxylation is 2. The molecular formula is C13H10F3N3O. The zero-order valence-electron chi connectivity index (χ0n) is 10.7. The number of nitrogens with zero attached hydrogens (tertiary/aromatic N) is 2. The summed E-state index contributed by atoms with van der Waals surface area (Å²) in [5, 5.41) is 2.18. The molecule has 0 atom stereocenters. The van der Waals surface area contributed by atoms with Crippen LogP contribution in [0, 0.1) is 31.3 Å². The Morgan fingerprint density at radius 3 is 2.25 bits per heavy atom. The Hall–Kier alpha value is -2.44. The van der Waals surface area contributed by atoms with Gasteiger partial charge in [-0.05, 0) is 26.0 Å². The minimum Gasteiger partial charge on any atom is -0.319 e. The Bertz CT molecular complexity index is 669. The first-order valence-corrected chi connectivity index (χ1v) is 5.65. The molecule has 2 rings (SSSR count). The number of hydrogen-bond donors (Lipinski definition) is 1. The van der Waals surface area contributed by atoms with E-state index in [0.717, 1.165) is 12.1 Å². The molecule has 7 heteroatoms. The summed E-state index contributed by atoms with van der Waals surface area (Å²) in [5.41, 5.74) is 0.518. The van der Waals surface area contributed by atoms with Gasteiger partial charge in [0.1, 0.15) is 6.33 Å². The molecule has 4 nitrogen and oxygen atoms in total. The van der Waals surface area contributed by atoms with Crippen LogP contribution in [0.4, 0.5) is 18.9 Å². The van der Waals surface area contributed by atoms with Crippen LogP contribution in [-0.4, -0.2) is 15.9 Å². The molecule has 2 aromatic rings. The zero-order chi connectivity index (χ0) is 14.9. The van der Waals surface area contributed by atoms with Crippen molar-refractivity contribution in [2.24, 2.45) is 0 Å². The Morgan fingerprint density at radius 1 is 1.05 bits per heavy atom. The van der Waals surface area contributed by atoms with E-state index in [1.165, 1.54) is 6.33 Å². The smallest absolute Gasteiger partial charge is 0.259 e. The van der Waals surface area contributed by atoms with Gasteiger partial charge in [-0.3, -0.25) is 4.79 Å². The lowest BCUT2D eigenvalue weighted by molar-refractivity contribution is 0.102. The van der Waals surface area contributed by atoms with Crippen molar-refractivity contribution in [3.63, 3.8) is 0 Å². The highest BCUT2D eigenvalue weighted by Gasteiger charge is 2.18. The third-order valence-corrected chi connectivity index (χ3v) is 2.74. The molecule has 0 aliphatic heterocycles. The van der Waals surface area contributed by atoms with E-state index in [1.54, 1.807) is 13.8 Å². The summed E-state index contributed by atoms with van der Waals surface area (Å²) < 4.78 is 39.4. The molecule has 104 valence electrons. The molecule has 1 N–H and O–H groups in total. The molecule has 0 saturated heterocycles. The molecule has 20 heavy (non-hydrogen) atoms. The van der Waals surface area contributed by atoms with Gasteiger partial charge in [-0.1, -0.05) is 0 Å². The summed E-state index contributed by atoms with van der Waals surface area (Å²) in [4.78, 5) is 19.7. The maximum Gasteiger partial charge on any atom is 0.259 e. The largest absolute Gasteiger partial charge is 0.319 e. The van der Waals surface area contributed by atoms with E-state index in [9.17, 15) is 18.0 Å². The maximum absolute atomic E-state index is 13.5. The predicted octanol–water partition coefficient (Wildman–Crippen LogP) is 2.76. The van der Waals surface area contributed by atoms with Gasteiger partial charge in [-0.2, -0.15) is 0 Å². The Labute approximate surface area is 112 Å². The van der Waals surface area contributed by atoms with E-state index < -0.39 is 29.0 Å². The Morgan fingerprint density at radius 2 is 1.65 bits per heavy atom. The van der Waals surface area contributed by atoms with Crippen LogP contribution in [0.25, 0.3) is 0 Å². The predicted molar refractivity (Wildman–Crippen MR) is 65.8 cm³/mol. The molecule has 1 aromatic heterocycles. The number of hydrogen-bond acceptors (Lipinski definition) is 3.